The number of amides is 1. The van der Waals surface area contributed by atoms with Crippen molar-refractivity contribution >= 4 is 21.6 Å². The number of benzene rings is 3. The number of hydrogen-bond donors (Lipinski definition) is 1. The summed E-state index contributed by atoms with van der Waals surface area (Å²) in [6, 6.07) is 21.4. The van der Waals surface area contributed by atoms with Gasteiger partial charge in [0.25, 0.3) is 5.91 Å². The van der Waals surface area contributed by atoms with Crippen LogP contribution in [0, 0.1) is 6.92 Å². The second kappa shape index (κ2) is 10.9. The van der Waals surface area contributed by atoms with Crippen molar-refractivity contribution in [3.63, 3.8) is 0 Å². The Morgan fingerprint density at radius 3 is 2.09 bits per heavy atom. The fourth-order valence-electron chi connectivity index (χ4n) is 3.15. The van der Waals surface area contributed by atoms with Gasteiger partial charge in [-0.25, -0.2) is 8.42 Å². The van der Waals surface area contributed by atoms with E-state index in [1.807, 2.05) is 19.1 Å². The molecule has 0 aromatic heterocycles. The first kappa shape index (κ1) is 24.1. The van der Waals surface area contributed by atoms with Gasteiger partial charge >= 0.3 is 0 Å². The highest BCUT2D eigenvalue weighted by molar-refractivity contribution is 7.92. The fourth-order valence-corrected chi connectivity index (χ4v) is 4.03. The molecule has 3 aromatic carbocycles. The van der Waals surface area contributed by atoms with Crippen LogP contribution in [-0.4, -0.2) is 40.8 Å². The molecule has 0 unspecified atom stereocenters. The van der Waals surface area contributed by atoms with Crippen molar-refractivity contribution in [1.82, 2.24) is 5.32 Å². The van der Waals surface area contributed by atoms with Crippen LogP contribution in [0.4, 0.5) is 5.69 Å². The van der Waals surface area contributed by atoms with Crippen LogP contribution in [0.15, 0.2) is 72.8 Å². The van der Waals surface area contributed by atoms with Crippen LogP contribution in [-0.2, 0) is 16.6 Å². The summed E-state index contributed by atoms with van der Waals surface area (Å²) in [6.45, 7) is 2.81. The number of anilines is 1. The van der Waals surface area contributed by atoms with Crippen molar-refractivity contribution in [2.75, 3.05) is 30.8 Å². The highest BCUT2D eigenvalue weighted by atomic mass is 32.2. The monoisotopic (exact) mass is 468 g/mol. The van der Waals surface area contributed by atoms with E-state index in [0.717, 1.165) is 16.9 Å². The van der Waals surface area contributed by atoms with Crippen molar-refractivity contribution in [1.29, 1.82) is 0 Å². The predicted octanol–water partition coefficient (Wildman–Crippen LogP) is 3.78. The van der Waals surface area contributed by atoms with Gasteiger partial charge in [0.15, 0.2) is 0 Å². The smallest absolute Gasteiger partial charge is 0.251 e. The van der Waals surface area contributed by atoms with Gasteiger partial charge in [0.05, 0.1) is 32.1 Å². The standard InChI is InChI=1S/C25H28N2O5S/c1-19-4-10-22(11-5-19)27(33(3,29)30)18-20-6-8-21(9-7-20)25(28)26-16-17-32-24-14-12-23(31-2)13-15-24/h4-15H,16-18H2,1-3H3,(H,26,28). The lowest BCUT2D eigenvalue weighted by molar-refractivity contribution is 0.0947. The molecule has 174 valence electrons. The summed E-state index contributed by atoms with van der Waals surface area (Å²) < 4.78 is 36.7. The Morgan fingerprint density at radius 2 is 1.52 bits per heavy atom. The van der Waals surface area contributed by atoms with E-state index in [4.69, 9.17) is 9.47 Å². The van der Waals surface area contributed by atoms with Crippen molar-refractivity contribution in [2.24, 2.45) is 0 Å². The van der Waals surface area contributed by atoms with Crippen molar-refractivity contribution < 1.29 is 22.7 Å². The predicted molar refractivity (Wildman–Crippen MR) is 129 cm³/mol. The average Bonchev–Trinajstić information content (AvgIpc) is 2.81. The maximum absolute atomic E-state index is 12.4. The highest BCUT2D eigenvalue weighted by Gasteiger charge is 2.18. The van der Waals surface area contributed by atoms with Crippen LogP contribution >= 0.6 is 0 Å². The summed E-state index contributed by atoms with van der Waals surface area (Å²) in [6.07, 6.45) is 1.18. The van der Waals surface area contributed by atoms with Crippen molar-refractivity contribution in [3.8, 4) is 11.5 Å². The first-order valence-electron chi connectivity index (χ1n) is 10.4. The summed E-state index contributed by atoms with van der Waals surface area (Å²) in [5.74, 6) is 1.22. The zero-order valence-corrected chi connectivity index (χ0v) is 19.8. The number of rotatable bonds is 10. The lowest BCUT2D eigenvalue weighted by Gasteiger charge is -2.22. The number of aryl methyl sites for hydroxylation is 1. The normalized spacial score (nSPS) is 11.0. The van der Waals surface area contributed by atoms with E-state index in [0.29, 0.717) is 30.2 Å². The molecule has 0 fully saturated rings. The number of nitrogens with zero attached hydrogens (tertiary/aromatic N) is 1. The largest absolute Gasteiger partial charge is 0.497 e. The van der Waals surface area contributed by atoms with Gasteiger partial charge in [-0.05, 0) is 61.0 Å². The lowest BCUT2D eigenvalue weighted by atomic mass is 10.1. The molecule has 0 aliphatic carbocycles. The Balaban J connectivity index is 1.54. The number of hydrogen-bond acceptors (Lipinski definition) is 5. The van der Waals surface area contributed by atoms with E-state index in [-0.39, 0.29) is 12.5 Å². The molecule has 0 atom stereocenters. The van der Waals surface area contributed by atoms with Gasteiger partial charge in [-0.1, -0.05) is 29.8 Å². The number of sulfonamides is 1. The van der Waals surface area contributed by atoms with Gasteiger partial charge < -0.3 is 14.8 Å². The molecule has 0 spiro atoms. The molecule has 0 bridgehead atoms. The summed E-state index contributed by atoms with van der Waals surface area (Å²) in [4.78, 5) is 12.4. The quantitative estimate of drug-likeness (QED) is 0.458. The average molecular weight is 469 g/mol. The van der Waals surface area contributed by atoms with Gasteiger partial charge in [0.1, 0.15) is 18.1 Å². The first-order valence-corrected chi connectivity index (χ1v) is 12.3. The Labute approximate surface area is 195 Å². The summed E-state index contributed by atoms with van der Waals surface area (Å²) >= 11 is 0. The van der Waals surface area contributed by atoms with Crippen molar-refractivity contribution in [3.05, 3.63) is 89.5 Å². The molecule has 0 saturated heterocycles. The second-order valence-electron chi connectivity index (χ2n) is 7.58. The third-order valence-corrected chi connectivity index (χ3v) is 6.12. The zero-order valence-electron chi connectivity index (χ0n) is 18.9. The zero-order chi connectivity index (χ0) is 23.8. The van der Waals surface area contributed by atoms with Gasteiger partial charge in [-0.15, -0.1) is 0 Å². The van der Waals surface area contributed by atoms with Crippen molar-refractivity contribution in [2.45, 2.75) is 13.5 Å². The van der Waals surface area contributed by atoms with E-state index in [2.05, 4.69) is 5.32 Å². The van der Waals surface area contributed by atoms with E-state index in [1.165, 1.54) is 10.6 Å². The Kier molecular flexibility index (Phi) is 7.95. The van der Waals surface area contributed by atoms with Crippen LogP contribution in [0.1, 0.15) is 21.5 Å². The molecule has 0 saturated carbocycles. The third kappa shape index (κ3) is 6.98. The molecule has 0 radical (unpaired) electrons. The molecule has 0 aliphatic heterocycles. The maximum atomic E-state index is 12.4. The molecule has 7 nitrogen and oxygen atoms in total. The van der Waals surface area contributed by atoms with Crippen LogP contribution in [0.2, 0.25) is 0 Å². The number of methoxy groups -OCH3 is 1. The Hall–Kier alpha value is -3.52. The van der Waals surface area contributed by atoms with E-state index >= 15 is 0 Å². The lowest BCUT2D eigenvalue weighted by Crippen LogP contribution is -2.29. The minimum Gasteiger partial charge on any atom is -0.497 e. The van der Waals surface area contributed by atoms with E-state index in [9.17, 15) is 13.2 Å². The summed E-state index contributed by atoms with van der Waals surface area (Å²) in [7, 11) is -1.86. The molecular formula is C25H28N2O5S. The minimum absolute atomic E-state index is 0.180. The molecule has 1 N–H and O–H groups in total. The second-order valence-corrected chi connectivity index (χ2v) is 9.49. The molecule has 1 amide bonds. The topological polar surface area (TPSA) is 84.9 Å². The molecule has 8 heteroatoms. The van der Waals surface area contributed by atoms with Crippen LogP contribution in [0.3, 0.4) is 0 Å². The molecular weight excluding hydrogens is 440 g/mol. The molecule has 0 aliphatic rings. The number of carbonyl (C=O) groups excluding carboxylic acids is 1. The molecule has 3 aromatic rings. The van der Waals surface area contributed by atoms with Gasteiger partial charge in [0, 0.05) is 5.56 Å². The molecule has 33 heavy (non-hydrogen) atoms. The molecule has 0 heterocycles. The maximum Gasteiger partial charge on any atom is 0.251 e. The van der Waals surface area contributed by atoms with Gasteiger partial charge in [-0.2, -0.15) is 0 Å². The van der Waals surface area contributed by atoms with E-state index < -0.39 is 10.0 Å². The number of carbonyl (C=O) groups is 1. The van der Waals surface area contributed by atoms with Gasteiger partial charge in [-0.3, -0.25) is 9.10 Å². The summed E-state index contributed by atoms with van der Waals surface area (Å²) in [5, 5.41) is 2.81. The summed E-state index contributed by atoms with van der Waals surface area (Å²) in [5.41, 5.74) is 2.92. The molecule has 3 rings (SSSR count). The minimum atomic E-state index is -3.46. The van der Waals surface area contributed by atoms with Gasteiger partial charge in [0.2, 0.25) is 10.0 Å². The number of nitrogens with one attached hydrogen (secondary N) is 1. The first-order chi connectivity index (χ1) is 15.8. The number of ether oxygens (including phenoxy) is 2. The van der Waals surface area contributed by atoms with Crippen LogP contribution in [0.25, 0.3) is 0 Å². The van der Waals surface area contributed by atoms with E-state index in [1.54, 1.807) is 67.8 Å². The van der Waals surface area contributed by atoms with Crippen LogP contribution < -0.4 is 19.1 Å². The van der Waals surface area contributed by atoms with Crippen LogP contribution in [0.5, 0.6) is 11.5 Å². The SMILES string of the molecule is COc1ccc(OCCNC(=O)c2ccc(CN(c3ccc(C)cc3)S(C)(=O)=O)cc2)cc1. The highest BCUT2D eigenvalue weighted by Crippen LogP contribution is 2.21. The fraction of sp³-hybridized carbons (Fsp3) is 0.240. The third-order valence-electron chi connectivity index (χ3n) is 4.98. The Morgan fingerprint density at radius 1 is 0.909 bits per heavy atom. The Bertz CT molecular complexity index is 1160.